The Morgan fingerprint density at radius 3 is 2.73 bits per heavy atom. The molecule has 5 heteroatoms. The third-order valence-corrected chi connectivity index (χ3v) is 3.59. The molecule has 2 aromatic carbocycles. The summed E-state index contributed by atoms with van der Waals surface area (Å²) in [5.41, 5.74) is 1.73. The van der Waals surface area contributed by atoms with Crippen LogP contribution in [-0.4, -0.2) is 12.6 Å². The van der Waals surface area contributed by atoms with E-state index in [4.69, 9.17) is 4.74 Å². The molecule has 0 aromatic heterocycles. The summed E-state index contributed by atoms with van der Waals surface area (Å²) in [4.78, 5) is 12.1. The Balaban J connectivity index is 1.96. The topological polar surface area (TPSA) is 50.4 Å². The van der Waals surface area contributed by atoms with Crippen LogP contribution < -0.4 is 15.4 Å². The van der Waals surface area contributed by atoms with Gasteiger partial charge in [0.05, 0.1) is 12.6 Å². The molecule has 0 aliphatic heterocycles. The highest BCUT2D eigenvalue weighted by molar-refractivity contribution is 9.10. The highest BCUT2D eigenvalue weighted by Crippen LogP contribution is 2.19. The normalized spacial score (nSPS) is 11.6. The minimum absolute atomic E-state index is 0.0902. The molecular weight excluding hydrogens is 344 g/mol. The zero-order chi connectivity index (χ0) is 15.9. The van der Waals surface area contributed by atoms with Gasteiger partial charge in [0.25, 0.3) is 0 Å². The minimum atomic E-state index is -0.249. The molecule has 2 aromatic rings. The van der Waals surface area contributed by atoms with Gasteiger partial charge in [-0.3, -0.25) is 0 Å². The molecule has 2 amide bonds. The van der Waals surface area contributed by atoms with Crippen LogP contribution in [0.25, 0.3) is 0 Å². The van der Waals surface area contributed by atoms with Crippen molar-refractivity contribution in [2.75, 3.05) is 11.9 Å². The van der Waals surface area contributed by atoms with Gasteiger partial charge >= 0.3 is 6.03 Å². The Morgan fingerprint density at radius 2 is 2.00 bits per heavy atom. The molecule has 1 atom stereocenters. The van der Waals surface area contributed by atoms with Gasteiger partial charge in [0.1, 0.15) is 5.75 Å². The summed E-state index contributed by atoms with van der Waals surface area (Å²) in [5, 5.41) is 5.73. The maximum absolute atomic E-state index is 12.1. The Kier molecular flexibility index (Phi) is 5.83. The van der Waals surface area contributed by atoms with E-state index >= 15 is 0 Å². The number of halogens is 1. The minimum Gasteiger partial charge on any atom is -0.494 e. The van der Waals surface area contributed by atoms with Crippen LogP contribution >= 0.6 is 15.9 Å². The van der Waals surface area contributed by atoms with Crippen LogP contribution in [-0.2, 0) is 0 Å². The van der Waals surface area contributed by atoms with Crippen LogP contribution in [0.2, 0.25) is 0 Å². The molecule has 116 valence electrons. The van der Waals surface area contributed by atoms with Crippen molar-refractivity contribution in [3.05, 3.63) is 58.6 Å². The van der Waals surface area contributed by atoms with Crippen molar-refractivity contribution in [1.29, 1.82) is 0 Å². The van der Waals surface area contributed by atoms with E-state index in [2.05, 4.69) is 26.6 Å². The molecule has 0 saturated heterocycles. The van der Waals surface area contributed by atoms with Gasteiger partial charge in [-0.25, -0.2) is 4.79 Å². The third kappa shape index (κ3) is 4.77. The Morgan fingerprint density at radius 1 is 1.23 bits per heavy atom. The number of urea groups is 1. The van der Waals surface area contributed by atoms with Crippen LogP contribution in [0, 0.1) is 0 Å². The summed E-state index contributed by atoms with van der Waals surface area (Å²) in [6.45, 7) is 4.46. The Hall–Kier alpha value is -2.01. The molecule has 1 unspecified atom stereocenters. The number of hydrogen-bond acceptors (Lipinski definition) is 2. The first kappa shape index (κ1) is 16.4. The highest BCUT2D eigenvalue weighted by Gasteiger charge is 2.10. The summed E-state index contributed by atoms with van der Waals surface area (Å²) in [6.07, 6.45) is 0. The van der Waals surface area contributed by atoms with E-state index in [0.717, 1.165) is 15.8 Å². The molecule has 0 aliphatic rings. The Bertz CT molecular complexity index is 646. The number of carbonyl (C=O) groups excluding carboxylic acids is 1. The van der Waals surface area contributed by atoms with Crippen molar-refractivity contribution < 1.29 is 9.53 Å². The van der Waals surface area contributed by atoms with E-state index in [1.807, 2.05) is 56.3 Å². The summed E-state index contributed by atoms with van der Waals surface area (Å²) in [5.74, 6) is 0.736. The molecule has 2 rings (SSSR count). The molecule has 4 nitrogen and oxygen atoms in total. The van der Waals surface area contributed by atoms with Crippen molar-refractivity contribution in [2.45, 2.75) is 19.9 Å². The van der Waals surface area contributed by atoms with E-state index in [0.29, 0.717) is 12.3 Å². The molecule has 0 heterocycles. The summed E-state index contributed by atoms with van der Waals surface area (Å²) < 4.78 is 6.40. The molecule has 0 spiro atoms. The smallest absolute Gasteiger partial charge is 0.319 e. The average Bonchev–Trinajstić information content (AvgIpc) is 2.47. The molecule has 0 radical (unpaired) electrons. The lowest BCUT2D eigenvalue weighted by Gasteiger charge is -2.15. The van der Waals surface area contributed by atoms with Gasteiger partial charge in [-0.2, -0.15) is 0 Å². The largest absolute Gasteiger partial charge is 0.494 e. The first-order valence-corrected chi connectivity index (χ1v) is 7.93. The van der Waals surface area contributed by atoms with Crippen molar-refractivity contribution in [2.24, 2.45) is 0 Å². The second kappa shape index (κ2) is 7.84. The van der Waals surface area contributed by atoms with Gasteiger partial charge in [0, 0.05) is 16.2 Å². The predicted molar refractivity (Wildman–Crippen MR) is 92.3 cm³/mol. The van der Waals surface area contributed by atoms with Gasteiger partial charge < -0.3 is 15.4 Å². The van der Waals surface area contributed by atoms with Gasteiger partial charge in [-0.05, 0) is 43.7 Å². The second-order valence-electron chi connectivity index (χ2n) is 4.84. The molecule has 0 saturated carbocycles. The number of rotatable bonds is 5. The standard InChI is InChI=1S/C17H19BrN2O2/c1-3-22-16-9-5-8-15(11-16)20-17(21)19-12(2)13-6-4-7-14(18)10-13/h4-12H,3H2,1-2H3,(H2,19,20,21). The van der Waals surface area contributed by atoms with Gasteiger partial charge in [0.15, 0.2) is 0 Å². The lowest BCUT2D eigenvalue weighted by molar-refractivity contribution is 0.249. The Labute approximate surface area is 139 Å². The monoisotopic (exact) mass is 362 g/mol. The predicted octanol–water partition coefficient (Wildman–Crippen LogP) is 4.73. The highest BCUT2D eigenvalue weighted by atomic mass is 79.9. The number of benzene rings is 2. The number of amides is 2. The van der Waals surface area contributed by atoms with Crippen LogP contribution in [0.3, 0.4) is 0 Å². The van der Waals surface area contributed by atoms with Crippen LogP contribution in [0.1, 0.15) is 25.5 Å². The van der Waals surface area contributed by atoms with Gasteiger partial charge in [-0.1, -0.05) is 34.1 Å². The van der Waals surface area contributed by atoms with E-state index in [1.165, 1.54) is 0 Å². The van der Waals surface area contributed by atoms with Crippen molar-refractivity contribution in [3.8, 4) is 5.75 Å². The fourth-order valence-electron chi connectivity index (χ4n) is 2.05. The molecular formula is C17H19BrN2O2. The number of hydrogen-bond donors (Lipinski definition) is 2. The van der Waals surface area contributed by atoms with Crippen LogP contribution in [0.15, 0.2) is 53.0 Å². The van der Waals surface area contributed by atoms with Crippen molar-refractivity contribution >= 4 is 27.6 Å². The zero-order valence-corrected chi connectivity index (χ0v) is 14.2. The second-order valence-corrected chi connectivity index (χ2v) is 5.75. The molecule has 0 bridgehead atoms. The zero-order valence-electron chi connectivity index (χ0n) is 12.6. The lowest BCUT2D eigenvalue weighted by Crippen LogP contribution is -2.31. The molecule has 0 fully saturated rings. The SMILES string of the molecule is CCOc1cccc(NC(=O)NC(C)c2cccc(Br)c2)c1. The maximum Gasteiger partial charge on any atom is 0.319 e. The van der Waals surface area contributed by atoms with Gasteiger partial charge in [0.2, 0.25) is 0 Å². The van der Waals surface area contributed by atoms with Crippen molar-refractivity contribution in [1.82, 2.24) is 5.32 Å². The van der Waals surface area contributed by atoms with E-state index in [1.54, 1.807) is 6.07 Å². The summed E-state index contributed by atoms with van der Waals surface area (Å²) >= 11 is 3.43. The van der Waals surface area contributed by atoms with Crippen molar-refractivity contribution in [3.63, 3.8) is 0 Å². The fraction of sp³-hybridized carbons (Fsp3) is 0.235. The van der Waals surface area contributed by atoms with Gasteiger partial charge in [-0.15, -0.1) is 0 Å². The van der Waals surface area contributed by atoms with E-state index < -0.39 is 0 Å². The number of ether oxygens (including phenoxy) is 1. The molecule has 22 heavy (non-hydrogen) atoms. The molecule has 2 N–H and O–H groups in total. The fourth-order valence-corrected chi connectivity index (χ4v) is 2.47. The number of nitrogens with one attached hydrogen (secondary N) is 2. The maximum atomic E-state index is 12.1. The van der Waals surface area contributed by atoms with E-state index in [-0.39, 0.29) is 12.1 Å². The number of anilines is 1. The van der Waals surface area contributed by atoms with Crippen LogP contribution in [0.5, 0.6) is 5.75 Å². The average molecular weight is 363 g/mol. The third-order valence-electron chi connectivity index (χ3n) is 3.10. The number of carbonyl (C=O) groups is 1. The summed E-state index contributed by atoms with van der Waals surface area (Å²) in [7, 11) is 0. The van der Waals surface area contributed by atoms with Crippen LogP contribution in [0.4, 0.5) is 10.5 Å². The quantitative estimate of drug-likeness (QED) is 0.807. The lowest BCUT2D eigenvalue weighted by atomic mass is 10.1. The van der Waals surface area contributed by atoms with E-state index in [9.17, 15) is 4.79 Å². The molecule has 0 aliphatic carbocycles. The summed E-state index contributed by atoms with van der Waals surface area (Å²) in [6, 6.07) is 14.9. The first-order valence-electron chi connectivity index (χ1n) is 7.14. The first-order chi connectivity index (χ1) is 10.6.